The molecule has 0 radical (unpaired) electrons. The highest BCUT2D eigenvalue weighted by atomic mass is 14.6. The molecule has 0 fully saturated rings. The molecule has 0 saturated carbocycles. The summed E-state index contributed by atoms with van der Waals surface area (Å²) in [6, 6.07) is 6.12. The predicted molar refractivity (Wildman–Crippen MR) is 60.6 cm³/mol. The predicted octanol–water partition coefficient (Wildman–Crippen LogP) is 3.01. The average molecular weight is 181 g/mol. The van der Waals surface area contributed by atoms with Gasteiger partial charge in [0.25, 0.3) is 0 Å². The van der Waals surface area contributed by atoms with E-state index in [1.54, 1.807) is 0 Å². The molecule has 2 aliphatic rings. The van der Waals surface area contributed by atoms with Crippen LogP contribution >= 0.6 is 0 Å². The zero-order valence-electron chi connectivity index (χ0n) is 7.83. The van der Waals surface area contributed by atoms with Gasteiger partial charge in [0.2, 0.25) is 0 Å². The van der Waals surface area contributed by atoms with Gasteiger partial charge in [-0.05, 0) is 35.3 Å². The number of anilines is 1. The minimum atomic E-state index is 0.880. The highest BCUT2D eigenvalue weighted by molar-refractivity contribution is 5.98. The lowest BCUT2D eigenvalue weighted by Gasteiger charge is -2.08. The molecular formula is C13H11N. The summed E-state index contributed by atoms with van der Waals surface area (Å²) in [7, 11) is 0. The highest BCUT2D eigenvalue weighted by Crippen LogP contribution is 2.41. The summed E-state index contributed by atoms with van der Waals surface area (Å²) in [6.07, 6.45) is 9.70. The Hall–Kier alpha value is -1.76. The van der Waals surface area contributed by atoms with Crippen LogP contribution in [0.1, 0.15) is 17.5 Å². The van der Waals surface area contributed by atoms with E-state index in [0.29, 0.717) is 0 Å². The van der Waals surface area contributed by atoms with E-state index in [2.05, 4.69) is 30.4 Å². The Balaban J connectivity index is 2.29. The molecule has 1 heteroatoms. The van der Waals surface area contributed by atoms with Crippen LogP contribution in [0.4, 0.5) is 5.69 Å². The van der Waals surface area contributed by atoms with Gasteiger partial charge in [0, 0.05) is 11.3 Å². The zero-order chi connectivity index (χ0) is 9.54. The minimum Gasteiger partial charge on any atom is -0.398 e. The fourth-order valence-electron chi connectivity index (χ4n) is 2.13. The number of hydrogen-bond acceptors (Lipinski definition) is 1. The molecule has 14 heavy (non-hydrogen) atoms. The molecule has 68 valence electrons. The Bertz CT molecular complexity index is 490. The quantitative estimate of drug-likeness (QED) is 0.612. The molecule has 0 unspecified atom stereocenters. The van der Waals surface area contributed by atoms with Gasteiger partial charge in [-0.2, -0.15) is 0 Å². The summed E-state index contributed by atoms with van der Waals surface area (Å²) in [5.74, 6) is 0. The lowest BCUT2D eigenvalue weighted by molar-refractivity contribution is 1.31. The number of nitrogens with two attached hydrogens (primary N) is 1. The van der Waals surface area contributed by atoms with Crippen LogP contribution in [0.2, 0.25) is 0 Å². The van der Waals surface area contributed by atoms with E-state index in [-0.39, 0.29) is 0 Å². The molecule has 0 amide bonds. The van der Waals surface area contributed by atoms with Crippen molar-refractivity contribution in [2.45, 2.75) is 6.42 Å². The van der Waals surface area contributed by atoms with Gasteiger partial charge in [-0.1, -0.05) is 30.4 Å². The first-order chi connectivity index (χ1) is 6.86. The van der Waals surface area contributed by atoms with Gasteiger partial charge in [-0.15, -0.1) is 0 Å². The van der Waals surface area contributed by atoms with Gasteiger partial charge < -0.3 is 5.73 Å². The first-order valence-electron chi connectivity index (χ1n) is 4.83. The van der Waals surface area contributed by atoms with E-state index >= 15 is 0 Å². The molecule has 1 aromatic rings. The second kappa shape index (κ2) is 2.61. The Morgan fingerprint density at radius 2 is 2.14 bits per heavy atom. The first kappa shape index (κ1) is 7.63. The third-order valence-electron chi connectivity index (χ3n) is 2.83. The zero-order valence-corrected chi connectivity index (χ0v) is 7.83. The summed E-state index contributed by atoms with van der Waals surface area (Å²) in [6.45, 7) is 0. The van der Waals surface area contributed by atoms with E-state index in [1.807, 2.05) is 12.1 Å². The summed E-state index contributed by atoms with van der Waals surface area (Å²) >= 11 is 0. The molecule has 0 atom stereocenters. The van der Waals surface area contributed by atoms with Crippen LogP contribution in [-0.4, -0.2) is 0 Å². The third-order valence-corrected chi connectivity index (χ3v) is 2.83. The maximum absolute atomic E-state index is 5.93. The third kappa shape index (κ3) is 0.896. The van der Waals surface area contributed by atoms with E-state index in [1.165, 1.54) is 22.3 Å². The van der Waals surface area contributed by atoms with Crippen molar-refractivity contribution in [3.63, 3.8) is 0 Å². The number of fused-ring (bicyclic) bond motifs is 3. The standard InChI is InChI=1S/C13H11N/c14-13-7-3-6-11-10-5-2-1-4-9(10)8-12(11)13/h1-3,5-8H,4,14H2. The monoisotopic (exact) mass is 181 g/mol. The van der Waals surface area contributed by atoms with Gasteiger partial charge in [0.05, 0.1) is 0 Å². The molecule has 0 aromatic heterocycles. The topological polar surface area (TPSA) is 26.0 Å². The van der Waals surface area contributed by atoms with E-state index < -0.39 is 0 Å². The molecule has 0 spiro atoms. The molecule has 1 aromatic carbocycles. The van der Waals surface area contributed by atoms with Gasteiger partial charge in [0.15, 0.2) is 0 Å². The van der Waals surface area contributed by atoms with Gasteiger partial charge in [0.1, 0.15) is 0 Å². The minimum absolute atomic E-state index is 0.880. The van der Waals surface area contributed by atoms with Gasteiger partial charge in [-0.25, -0.2) is 0 Å². The van der Waals surface area contributed by atoms with Crippen LogP contribution in [0.15, 0.2) is 42.0 Å². The molecule has 0 heterocycles. The summed E-state index contributed by atoms with van der Waals surface area (Å²) in [4.78, 5) is 0. The smallest absolute Gasteiger partial charge is 0.0394 e. The van der Waals surface area contributed by atoms with Crippen molar-refractivity contribution in [2.75, 3.05) is 5.73 Å². The average Bonchev–Trinajstić information content (AvgIpc) is 2.59. The Kier molecular flexibility index (Phi) is 1.42. The van der Waals surface area contributed by atoms with Crippen molar-refractivity contribution in [1.82, 2.24) is 0 Å². The molecule has 0 saturated heterocycles. The largest absolute Gasteiger partial charge is 0.398 e. The lowest BCUT2D eigenvalue weighted by Crippen LogP contribution is -1.91. The fraction of sp³-hybridized carbons (Fsp3) is 0.0769. The van der Waals surface area contributed by atoms with Crippen LogP contribution in [0.5, 0.6) is 0 Å². The van der Waals surface area contributed by atoms with Crippen molar-refractivity contribution in [3.05, 3.63) is 53.1 Å². The van der Waals surface area contributed by atoms with Crippen LogP contribution in [-0.2, 0) is 0 Å². The van der Waals surface area contributed by atoms with Crippen LogP contribution < -0.4 is 5.73 Å². The molecule has 2 N–H and O–H groups in total. The van der Waals surface area contributed by atoms with Crippen LogP contribution in [0.25, 0.3) is 11.6 Å². The lowest BCUT2D eigenvalue weighted by atomic mass is 9.97. The second-order valence-electron chi connectivity index (χ2n) is 3.69. The normalized spacial score (nSPS) is 17.1. The Morgan fingerprint density at radius 1 is 1.21 bits per heavy atom. The number of hydrogen-bond donors (Lipinski definition) is 1. The van der Waals surface area contributed by atoms with Crippen molar-refractivity contribution in [2.24, 2.45) is 0 Å². The highest BCUT2D eigenvalue weighted by Gasteiger charge is 2.19. The fourth-order valence-corrected chi connectivity index (χ4v) is 2.13. The van der Waals surface area contributed by atoms with Gasteiger partial charge in [-0.3, -0.25) is 0 Å². The molecule has 2 aliphatic carbocycles. The Morgan fingerprint density at radius 3 is 3.07 bits per heavy atom. The number of nitrogen functional groups attached to an aromatic ring is 1. The summed E-state index contributed by atoms with van der Waals surface area (Å²) < 4.78 is 0. The number of rotatable bonds is 0. The molecular weight excluding hydrogens is 170 g/mol. The van der Waals surface area contributed by atoms with Crippen molar-refractivity contribution in [3.8, 4) is 0 Å². The SMILES string of the molecule is Nc1cccc2c1C=C1CC=CC=C12. The van der Waals surface area contributed by atoms with E-state index in [4.69, 9.17) is 5.73 Å². The second-order valence-corrected chi connectivity index (χ2v) is 3.69. The van der Waals surface area contributed by atoms with Gasteiger partial charge >= 0.3 is 0 Å². The Labute approximate surface area is 83.2 Å². The van der Waals surface area contributed by atoms with Crippen LogP contribution in [0, 0.1) is 0 Å². The van der Waals surface area contributed by atoms with Crippen molar-refractivity contribution in [1.29, 1.82) is 0 Å². The molecule has 3 rings (SSSR count). The van der Waals surface area contributed by atoms with Crippen LogP contribution in [0.3, 0.4) is 0 Å². The molecule has 1 nitrogen and oxygen atoms in total. The van der Waals surface area contributed by atoms with Crippen molar-refractivity contribution >= 4 is 17.3 Å². The summed E-state index contributed by atoms with van der Waals surface area (Å²) in [5, 5.41) is 0. The number of allylic oxidation sites excluding steroid dienone is 5. The maximum atomic E-state index is 5.93. The maximum Gasteiger partial charge on any atom is 0.0394 e. The summed E-state index contributed by atoms with van der Waals surface area (Å²) in [5.41, 5.74) is 12.0. The molecule has 0 bridgehead atoms. The number of benzene rings is 1. The first-order valence-corrected chi connectivity index (χ1v) is 4.83. The van der Waals surface area contributed by atoms with Crippen molar-refractivity contribution < 1.29 is 0 Å². The van der Waals surface area contributed by atoms with E-state index in [9.17, 15) is 0 Å². The van der Waals surface area contributed by atoms with E-state index in [0.717, 1.165) is 12.1 Å². The molecule has 0 aliphatic heterocycles.